The van der Waals surface area contributed by atoms with Crippen LogP contribution in [-0.4, -0.2) is 0 Å². The Bertz CT molecular complexity index is 3860. The molecular weight excluding hydrogens is 811 g/mol. The van der Waals surface area contributed by atoms with E-state index in [0.29, 0.717) is 0 Å². The summed E-state index contributed by atoms with van der Waals surface area (Å²) in [6.45, 7) is 0. The first-order valence-electron chi connectivity index (χ1n) is 23.2. The normalized spacial score (nSPS) is 12.9. The highest BCUT2D eigenvalue weighted by molar-refractivity contribution is 6.18. The number of anilines is 3. The highest BCUT2D eigenvalue weighted by Gasteiger charge is 2.54. The minimum atomic E-state index is -0.555. The van der Waals surface area contributed by atoms with Crippen molar-refractivity contribution in [3.63, 3.8) is 0 Å². The predicted octanol–water partition coefficient (Wildman–Crippen LogP) is 17.6. The number of hydrogen-bond donors (Lipinski definition) is 0. The largest absolute Gasteiger partial charge is 0.455 e. The van der Waals surface area contributed by atoms with Crippen molar-refractivity contribution in [2.45, 2.75) is 5.41 Å². The summed E-state index contributed by atoms with van der Waals surface area (Å²) in [5.74, 6) is 0. The molecule has 12 aromatic rings. The minimum Gasteiger partial charge on any atom is -0.455 e. The van der Waals surface area contributed by atoms with Crippen molar-refractivity contribution >= 4 is 49.8 Å². The van der Waals surface area contributed by atoms with Crippen LogP contribution in [0, 0.1) is 0 Å². The molecule has 1 spiro atoms. The molecule has 1 heterocycles. The third kappa shape index (κ3) is 5.39. The van der Waals surface area contributed by atoms with E-state index in [1.807, 2.05) is 6.07 Å². The summed E-state index contributed by atoms with van der Waals surface area (Å²) < 4.78 is 6.58. The molecule has 0 aliphatic heterocycles. The van der Waals surface area contributed by atoms with Gasteiger partial charge in [0, 0.05) is 38.8 Å². The average Bonchev–Trinajstić information content (AvgIpc) is 4.04. The second-order valence-corrected chi connectivity index (χ2v) is 17.8. The molecule has 2 nitrogen and oxygen atoms in total. The van der Waals surface area contributed by atoms with Gasteiger partial charge in [-0.05, 0) is 102 Å². The second-order valence-electron chi connectivity index (χ2n) is 17.8. The molecule has 14 rings (SSSR count). The molecule has 0 amide bonds. The summed E-state index contributed by atoms with van der Waals surface area (Å²) >= 11 is 0. The third-order valence-electron chi connectivity index (χ3n) is 14.5. The number of furan rings is 1. The molecule has 0 bridgehead atoms. The van der Waals surface area contributed by atoms with E-state index >= 15 is 0 Å². The Balaban J connectivity index is 1.10. The average molecular weight is 852 g/mol. The van der Waals surface area contributed by atoms with Crippen LogP contribution >= 0.6 is 0 Å². The SMILES string of the molecule is c1ccc(-c2ccc(N(c3ccc(-c4cccc5c4oc4ccccc45)cc3)c3c4c(c5ccccc5c3-c3ccccc3)C3(c5ccccc5-c5ccccc53)c3ccccc3-4)cc2)cc1. The maximum atomic E-state index is 6.58. The van der Waals surface area contributed by atoms with Gasteiger partial charge in [0.25, 0.3) is 0 Å². The van der Waals surface area contributed by atoms with Crippen LogP contribution < -0.4 is 4.90 Å². The van der Waals surface area contributed by atoms with Crippen LogP contribution in [0.5, 0.6) is 0 Å². The number of para-hydroxylation sites is 2. The molecule has 67 heavy (non-hydrogen) atoms. The zero-order chi connectivity index (χ0) is 44.1. The van der Waals surface area contributed by atoms with Crippen LogP contribution in [0.2, 0.25) is 0 Å². The molecule has 0 saturated carbocycles. The molecule has 0 unspecified atom stereocenters. The van der Waals surface area contributed by atoms with Crippen LogP contribution in [-0.2, 0) is 5.41 Å². The van der Waals surface area contributed by atoms with E-state index in [9.17, 15) is 0 Å². The van der Waals surface area contributed by atoms with E-state index < -0.39 is 5.41 Å². The summed E-state index contributed by atoms with van der Waals surface area (Å²) in [5, 5.41) is 4.73. The number of nitrogens with zero attached hydrogens (tertiary/aromatic N) is 1. The van der Waals surface area contributed by atoms with Crippen molar-refractivity contribution < 1.29 is 4.42 Å². The van der Waals surface area contributed by atoms with Crippen molar-refractivity contribution in [3.8, 4) is 55.6 Å². The van der Waals surface area contributed by atoms with Crippen LogP contribution in [0.25, 0.3) is 88.3 Å². The van der Waals surface area contributed by atoms with E-state index in [1.54, 1.807) is 0 Å². The van der Waals surface area contributed by atoms with Crippen molar-refractivity contribution in [2.24, 2.45) is 0 Å². The Morgan fingerprint density at radius 1 is 0.299 bits per heavy atom. The van der Waals surface area contributed by atoms with Crippen molar-refractivity contribution in [1.82, 2.24) is 0 Å². The number of fused-ring (bicyclic) bond motifs is 15. The smallest absolute Gasteiger partial charge is 0.143 e. The lowest BCUT2D eigenvalue weighted by Crippen LogP contribution is -2.26. The minimum absolute atomic E-state index is 0.555. The first-order valence-corrected chi connectivity index (χ1v) is 23.2. The number of benzene rings is 11. The zero-order valence-electron chi connectivity index (χ0n) is 36.5. The number of rotatable bonds is 6. The van der Waals surface area contributed by atoms with E-state index in [-0.39, 0.29) is 0 Å². The molecule has 2 aliphatic rings. The van der Waals surface area contributed by atoms with Gasteiger partial charge in [0.2, 0.25) is 0 Å². The number of hydrogen-bond acceptors (Lipinski definition) is 2. The molecule has 0 radical (unpaired) electrons. The van der Waals surface area contributed by atoms with Crippen molar-refractivity contribution in [3.05, 3.63) is 271 Å². The van der Waals surface area contributed by atoms with Gasteiger partial charge in [0.1, 0.15) is 11.2 Å². The fourth-order valence-corrected chi connectivity index (χ4v) is 11.8. The van der Waals surface area contributed by atoms with Crippen LogP contribution in [0.1, 0.15) is 22.3 Å². The van der Waals surface area contributed by atoms with Crippen LogP contribution in [0.3, 0.4) is 0 Å². The summed E-state index contributed by atoms with van der Waals surface area (Å²) in [5.41, 5.74) is 21.8. The summed E-state index contributed by atoms with van der Waals surface area (Å²) in [4.78, 5) is 2.54. The Labute approximate surface area is 389 Å². The summed E-state index contributed by atoms with van der Waals surface area (Å²) in [6.07, 6.45) is 0. The van der Waals surface area contributed by atoms with Crippen molar-refractivity contribution in [2.75, 3.05) is 4.90 Å². The van der Waals surface area contributed by atoms with Gasteiger partial charge in [-0.3, -0.25) is 0 Å². The lowest BCUT2D eigenvalue weighted by atomic mass is 9.69. The van der Waals surface area contributed by atoms with Gasteiger partial charge in [-0.2, -0.15) is 0 Å². The van der Waals surface area contributed by atoms with Gasteiger partial charge in [-0.1, -0.05) is 218 Å². The maximum absolute atomic E-state index is 6.58. The van der Waals surface area contributed by atoms with Gasteiger partial charge in [0.05, 0.1) is 11.1 Å². The van der Waals surface area contributed by atoms with Crippen molar-refractivity contribution in [1.29, 1.82) is 0 Å². The third-order valence-corrected chi connectivity index (χ3v) is 14.5. The molecule has 0 atom stereocenters. The van der Waals surface area contributed by atoms with E-state index in [1.165, 1.54) is 77.5 Å². The Kier molecular flexibility index (Phi) is 8.23. The molecule has 11 aromatic carbocycles. The highest BCUT2D eigenvalue weighted by atomic mass is 16.3. The van der Waals surface area contributed by atoms with Crippen LogP contribution in [0.15, 0.2) is 253 Å². The first-order chi connectivity index (χ1) is 33.3. The molecule has 2 aliphatic carbocycles. The quantitative estimate of drug-likeness (QED) is 0.166. The second kappa shape index (κ2) is 14.7. The molecule has 0 N–H and O–H groups in total. The van der Waals surface area contributed by atoms with Crippen LogP contribution in [0.4, 0.5) is 17.1 Å². The predicted molar refractivity (Wildman–Crippen MR) is 279 cm³/mol. The fourth-order valence-electron chi connectivity index (χ4n) is 11.8. The Morgan fingerprint density at radius 3 is 1.42 bits per heavy atom. The molecule has 1 aromatic heterocycles. The molecular formula is C65H41NO. The Morgan fingerprint density at radius 2 is 0.761 bits per heavy atom. The highest BCUT2D eigenvalue weighted by Crippen LogP contribution is 2.67. The maximum Gasteiger partial charge on any atom is 0.143 e. The monoisotopic (exact) mass is 851 g/mol. The van der Waals surface area contributed by atoms with E-state index in [2.05, 4.69) is 248 Å². The summed E-state index contributed by atoms with van der Waals surface area (Å²) in [7, 11) is 0. The molecule has 312 valence electrons. The summed E-state index contributed by atoms with van der Waals surface area (Å²) in [6, 6.07) is 91.4. The fraction of sp³-hybridized carbons (Fsp3) is 0.0154. The van der Waals surface area contributed by atoms with E-state index in [4.69, 9.17) is 4.42 Å². The molecule has 2 heteroatoms. The topological polar surface area (TPSA) is 16.4 Å². The van der Waals surface area contributed by atoms with E-state index in [0.717, 1.165) is 50.1 Å². The standard InChI is InChI=1S/C65H41NO/c1-3-18-42(19-4-1)43-34-38-46(39-35-43)66(47-40-36-44(37-41-47)48-28-17-29-54-51-24-12-16-33-59(51)67-64(48)54)63-60(45-20-5-2-6-21-45)52-25-7-8-26-53(52)62-61(63)55-27-11-15-32-58(55)65(62)56-30-13-9-22-49(56)50-23-10-14-31-57(50)65/h1-41H. The zero-order valence-corrected chi connectivity index (χ0v) is 36.5. The lowest BCUT2D eigenvalue weighted by molar-refractivity contribution is 0.670. The van der Waals surface area contributed by atoms with Gasteiger partial charge >= 0.3 is 0 Å². The molecule has 0 saturated heterocycles. The van der Waals surface area contributed by atoms with Gasteiger partial charge in [-0.15, -0.1) is 0 Å². The lowest BCUT2D eigenvalue weighted by Gasteiger charge is -2.35. The Hall–Kier alpha value is -8.72. The van der Waals surface area contributed by atoms with Gasteiger partial charge in [0.15, 0.2) is 0 Å². The van der Waals surface area contributed by atoms with Gasteiger partial charge in [-0.25, -0.2) is 0 Å². The first kappa shape index (κ1) is 37.6. The molecule has 0 fully saturated rings. The van der Waals surface area contributed by atoms with Gasteiger partial charge < -0.3 is 9.32 Å².